The van der Waals surface area contributed by atoms with Gasteiger partial charge in [0.1, 0.15) is 6.04 Å². The second kappa shape index (κ2) is 7.47. The van der Waals surface area contributed by atoms with Crippen LogP contribution in [0.25, 0.3) is 0 Å². The molecule has 2 aromatic carbocycles. The highest BCUT2D eigenvalue weighted by Gasteiger charge is 2.14. The summed E-state index contributed by atoms with van der Waals surface area (Å²) in [5.74, 6) is 1.15. The van der Waals surface area contributed by atoms with Gasteiger partial charge in [0, 0.05) is 17.1 Å². The van der Waals surface area contributed by atoms with Gasteiger partial charge < -0.3 is 14.9 Å². The van der Waals surface area contributed by atoms with E-state index in [9.17, 15) is 5.11 Å². The summed E-state index contributed by atoms with van der Waals surface area (Å²) in [4.78, 5) is 4.44. The van der Waals surface area contributed by atoms with Gasteiger partial charge in [-0.1, -0.05) is 41.0 Å². The maximum absolute atomic E-state index is 9.20. The number of benzene rings is 2. The summed E-state index contributed by atoms with van der Waals surface area (Å²) in [5, 5.41) is 17.2. The minimum Gasteiger partial charge on any atom is -0.392 e. The molecule has 124 valence electrons. The lowest BCUT2D eigenvalue weighted by atomic mass is 10.1. The lowest BCUT2D eigenvalue weighted by Gasteiger charge is -2.11. The van der Waals surface area contributed by atoms with Gasteiger partial charge in [-0.15, -0.1) is 0 Å². The van der Waals surface area contributed by atoms with Gasteiger partial charge in [0.15, 0.2) is 5.82 Å². The topological polar surface area (TPSA) is 71.2 Å². The van der Waals surface area contributed by atoms with Crippen molar-refractivity contribution in [3.8, 4) is 0 Å². The van der Waals surface area contributed by atoms with Gasteiger partial charge in [0.2, 0.25) is 5.89 Å². The van der Waals surface area contributed by atoms with Crippen LogP contribution in [0.4, 0.5) is 5.69 Å². The Balaban J connectivity index is 1.66. The van der Waals surface area contributed by atoms with Crippen LogP contribution in [-0.4, -0.2) is 15.2 Å². The highest BCUT2D eigenvalue weighted by molar-refractivity contribution is 6.30. The van der Waals surface area contributed by atoms with Crippen molar-refractivity contribution in [1.29, 1.82) is 0 Å². The molecule has 0 bridgehead atoms. The predicted octanol–water partition coefficient (Wildman–Crippen LogP) is 3.98. The Bertz CT molecular complexity index is 802. The number of aromatic nitrogens is 2. The van der Waals surface area contributed by atoms with Crippen LogP contribution in [0.1, 0.15) is 35.8 Å². The third-order valence-corrected chi connectivity index (χ3v) is 3.87. The fourth-order valence-electron chi connectivity index (χ4n) is 2.37. The molecule has 24 heavy (non-hydrogen) atoms. The third-order valence-electron chi connectivity index (χ3n) is 3.62. The van der Waals surface area contributed by atoms with Crippen LogP contribution in [0.3, 0.4) is 0 Å². The van der Waals surface area contributed by atoms with E-state index in [1.165, 1.54) is 0 Å². The van der Waals surface area contributed by atoms with Crippen molar-refractivity contribution in [2.24, 2.45) is 0 Å². The molecule has 6 heteroatoms. The van der Waals surface area contributed by atoms with Crippen molar-refractivity contribution in [1.82, 2.24) is 10.1 Å². The van der Waals surface area contributed by atoms with Gasteiger partial charge in [-0.25, -0.2) is 0 Å². The van der Waals surface area contributed by atoms with Crippen molar-refractivity contribution in [3.63, 3.8) is 0 Å². The smallest absolute Gasteiger partial charge is 0.248 e. The monoisotopic (exact) mass is 343 g/mol. The second-order valence-corrected chi connectivity index (χ2v) is 6.01. The quantitative estimate of drug-likeness (QED) is 0.708. The normalized spacial score (nSPS) is 12.1. The molecule has 0 aliphatic heterocycles. The lowest BCUT2D eigenvalue weighted by Crippen LogP contribution is -2.07. The Labute approximate surface area is 145 Å². The van der Waals surface area contributed by atoms with E-state index in [1.807, 2.05) is 55.5 Å². The van der Waals surface area contributed by atoms with Gasteiger partial charge in [-0.2, -0.15) is 4.98 Å². The van der Waals surface area contributed by atoms with Crippen molar-refractivity contribution < 1.29 is 9.63 Å². The average molecular weight is 344 g/mol. The van der Waals surface area contributed by atoms with Crippen LogP contribution in [0.5, 0.6) is 0 Å². The van der Waals surface area contributed by atoms with E-state index in [2.05, 4.69) is 15.5 Å². The second-order valence-electron chi connectivity index (χ2n) is 5.58. The molecular weight excluding hydrogens is 326 g/mol. The summed E-state index contributed by atoms with van der Waals surface area (Å²) in [5.41, 5.74) is 2.82. The number of anilines is 1. The summed E-state index contributed by atoms with van der Waals surface area (Å²) < 4.78 is 5.35. The molecule has 1 atom stereocenters. The number of halogens is 1. The van der Waals surface area contributed by atoms with E-state index in [0.29, 0.717) is 23.2 Å². The van der Waals surface area contributed by atoms with Crippen molar-refractivity contribution in [3.05, 3.63) is 76.4 Å². The Morgan fingerprint density at radius 3 is 2.71 bits per heavy atom. The van der Waals surface area contributed by atoms with Crippen LogP contribution < -0.4 is 5.32 Å². The molecule has 0 saturated carbocycles. The molecule has 0 fully saturated rings. The molecule has 0 aliphatic carbocycles. The minimum atomic E-state index is -0.134. The van der Waals surface area contributed by atoms with Crippen LogP contribution in [-0.2, 0) is 13.0 Å². The van der Waals surface area contributed by atoms with Crippen LogP contribution in [0, 0.1) is 0 Å². The number of nitrogens with zero attached hydrogens (tertiary/aromatic N) is 2. The van der Waals surface area contributed by atoms with Crippen LogP contribution in [0.15, 0.2) is 53.1 Å². The maximum atomic E-state index is 9.20. The molecule has 0 aliphatic rings. The van der Waals surface area contributed by atoms with Gasteiger partial charge >= 0.3 is 0 Å². The largest absolute Gasteiger partial charge is 0.392 e. The van der Waals surface area contributed by atoms with E-state index >= 15 is 0 Å². The van der Waals surface area contributed by atoms with Gasteiger partial charge in [-0.05, 0) is 42.3 Å². The zero-order valence-electron chi connectivity index (χ0n) is 13.2. The first-order chi connectivity index (χ1) is 11.6. The molecule has 3 aromatic rings. The van der Waals surface area contributed by atoms with E-state index in [0.717, 1.165) is 16.8 Å². The van der Waals surface area contributed by atoms with E-state index in [4.69, 9.17) is 16.1 Å². The van der Waals surface area contributed by atoms with Crippen molar-refractivity contribution in [2.75, 3.05) is 5.32 Å². The van der Waals surface area contributed by atoms with Crippen LogP contribution in [0.2, 0.25) is 5.02 Å². The number of rotatable bonds is 6. The molecule has 1 aromatic heterocycles. The molecule has 0 amide bonds. The summed E-state index contributed by atoms with van der Waals surface area (Å²) in [7, 11) is 0. The first-order valence-electron chi connectivity index (χ1n) is 7.67. The molecular formula is C18H18ClN3O2. The fourth-order valence-corrected chi connectivity index (χ4v) is 2.50. The first-order valence-corrected chi connectivity index (χ1v) is 8.05. The fraction of sp³-hybridized carbons (Fsp3) is 0.222. The highest BCUT2D eigenvalue weighted by atomic mass is 35.5. The number of nitrogens with one attached hydrogen (secondary N) is 1. The summed E-state index contributed by atoms with van der Waals surface area (Å²) in [6, 6.07) is 15.0. The zero-order chi connectivity index (χ0) is 16.9. The Kier molecular flexibility index (Phi) is 5.13. The standard InChI is InChI=1S/C18H18ClN3O2/c1-12(20-16-4-2-3-14(9-16)11-23)18-21-17(22-24-18)10-13-5-7-15(19)8-6-13/h2-9,12,20,23H,10-11H2,1H3. The van der Waals surface area contributed by atoms with E-state index < -0.39 is 0 Å². The molecule has 0 saturated heterocycles. The SMILES string of the molecule is CC(Nc1cccc(CO)c1)c1nc(Cc2ccc(Cl)cc2)no1. The molecule has 0 spiro atoms. The van der Waals surface area contributed by atoms with Gasteiger partial charge in [-0.3, -0.25) is 0 Å². The highest BCUT2D eigenvalue weighted by Crippen LogP contribution is 2.20. The molecule has 1 heterocycles. The Hall–Kier alpha value is -2.37. The number of aliphatic hydroxyl groups is 1. The summed E-state index contributed by atoms with van der Waals surface area (Å²) in [6.07, 6.45) is 0.591. The molecule has 5 nitrogen and oxygen atoms in total. The predicted molar refractivity (Wildman–Crippen MR) is 93.0 cm³/mol. The van der Waals surface area contributed by atoms with Gasteiger partial charge in [0.25, 0.3) is 0 Å². The van der Waals surface area contributed by atoms with Crippen molar-refractivity contribution in [2.45, 2.75) is 26.0 Å². The lowest BCUT2D eigenvalue weighted by molar-refractivity contribution is 0.282. The van der Waals surface area contributed by atoms with E-state index in [-0.39, 0.29) is 12.6 Å². The molecule has 3 rings (SSSR count). The van der Waals surface area contributed by atoms with Gasteiger partial charge in [0.05, 0.1) is 6.61 Å². The van der Waals surface area contributed by atoms with E-state index in [1.54, 1.807) is 0 Å². The summed E-state index contributed by atoms with van der Waals surface area (Å²) >= 11 is 5.89. The maximum Gasteiger partial charge on any atom is 0.248 e. The third kappa shape index (κ3) is 4.13. The van der Waals surface area contributed by atoms with Crippen molar-refractivity contribution >= 4 is 17.3 Å². The number of hydrogen-bond donors (Lipinski definition) is 2. The Morgan fingerprint density at radius 2 is 1.96 bits per heavy atom. The zero-order valence-corrected chi connectivity index (χ0v) is 14.0. The number of hydrogen-bond acceptors (Lipinski definition) is 5. The Morgan fingerprint density at radius 1 is 1.17 bits per heavy atom. The number of aliphatic hydroxyl groups excluding tert-OH is 1. The molecule has 1 unspecified atom stereocenters. The average Bonchev–Trinajstić information content (AvgIpc) is 3.06. The summed E-state index contributed by atoms with van der Waals surface area (Å²) in [6.45, 7) is 1.96. The molecule has 2 N–H and O–H groups in total. The molecule has 0 radical (unpaired) electrons. The first kappa shape index (κ1) is 16.5. The van der Waals surface area contributed by atoms with Crippen LogP contribution >= 0.6 is 11.6 Å². The minimum absolute atomic E-state index is 0.00962.